The lowest BCUT2D eigenvalue weighted by Gasteiger charge is -2.21. The summed E-state index contributed by atoms with van der Waals surface area (Å²) in [6, 6.07) is 0.876. The summed E-state index contributed by atoms with van der Waals surface area (Å²) in [5.41, 5.74) is 4.90. The minimum atomic E-state index is -4.49. The van der Waals surface area contributed by atoms with Crippen LogP contribution in [0.3, 0.4) is 0 Å². The Bertz CT molecular complexity index is 1090. The molecule has 1 fully saturated rings. The van der Waals surface area contributed by atoms with E-state index >= 15 is 0 Å². The highest BCUT2D eigenvalue weighted by Crippen LogP contribution is 2.38. The van der Waals surface area contributed by atoms with E-state index in [0.29, 0.717) is 11.9 Å². The Hall–Kier alpha value is -1.95. The largest absolute Gasteiger partial charge is 0.361 e. The fourth-order valence-corrected chi connectivity index (χ4v) is 6.32. The minimum absolute atomic E-state index is 0.0660. The van der Waals surface area contributed by atoms with Gasteiger partial charge in [0.15, 0.2) is 0 Å². The number of urea groups is 1. The van der Waals surface area contributed by atoms with Crippen LogP contribution in [0.2, 0.25) is 0 Å². The molecule has 1 heterocycles. The van der Waals surface area contributed by atoms with Crippen LogP contribution >= 0.6 is 0 Å². The van der Waals surface area contributed by atoms with Crippen LogP contribution in [0.1, 0.15) is 47.9 Å². The summed E-state index contributed by atoms with van der Waals surface area (Å²) < 4.78 is 53.7. The highest BCUT2D eigenvalue weighted by molar-refractivity contribution is 7.93. The van der Waals surface area contributed by atoms with Crippen LogP contribution in [0.25, 0.3) is 0 Å². The lowest BCUT2D eigenvalue weighted by molar-refractivity contribution is 0.0865. The molecule has 2 amide bonds. The van der Waals surface area contributed by atoms with E-state index in [9.17, 15) is 21.6 Å². The van der Waals surface area contributed by atoms with E-state index in [1.54, 1.807) is 0 Å². The van der Waals surface area contributed by atoms with E-state index in [1.165, 1.54) is 6.08 Å². The first kappa shape index (κ1) is 22.3. The van der Waals surface area contributed by atoms with Crippen molar-refractivity contribution in [2.75, 3.05) is 18.1 Å². The molecule has 170 valence electrons. The summed E-state index contributed by atoms with van der Waals surface area (Å²) in [6.07, 6.45) is 9.07. The van der Waals surface area contributed by atoms with Crippen LogP contribution in [0.4, 0.5) is 10.5 Å². The molecule has 0 bridgehead atoms. The van der Waals surface area contributed by atoms with Crippen molar-refractivity contribution in [3.63, 3.8) is 0 Å². The van der Waals surface area contributed by atoms with Crippen molar-refractivity contribution < 1.29 is 25.9 Å². The van der Waals surface area contributed by atoms with Crippen LogP contribution in [0, 0.1) is 0 Å². The third-order valence-corrected chi connectivity index (χ3v) is 7.60. The van der Waals surface area contributed by atoms with Gasteiger partial charge in [0, 0.05) is 11.7 Å². The van der Waals surface area contributed by atoms with Gasteiger partial charge in [0.2, 0.25) is 0 Å². The number of fused-ring (bicyclic) bond motifs is 2. The Labute approximate surface area is 183 Å². The van der Waals surface area contributed by atoms with Gasteiger partial charge in [-0.25, -0.2) is 4.79 Å². The molecule has 1 aliphatic heterocycles. The average molecular weight is 470 g/mol. The summed E-state index contributed by atoms with van der Waals surface area (Å²) in [5.74, 6) is 0. The van der Waals surface area contributed by atoms with E-state index < -0.39 is 26.2 Å². The number of carbonyl (C=O) groups excluding carboxylic acids is 1. The van der Waals surface area contributed by atoms with Crippen molar-refractivity contribution in [3.8, 4) is 0 Å². The van der Waals surface area contributed by atoms with Crippen molar-refractivity contribution in [1.29, 1.82) is 0 Å². The molecule has 3 aliphatic rings. The van der Waals surface area contributed by atoms with E-state index in [-0.39, 0.29) is 10.5 Å². The number of hydrogen-bond donors (Lipinski definition) is 2. The number of sulfonamides is 1. The second-order valence-corrected chi connectivity index (χ2v) is 11.4. The molecular weight excluding hydrogens is 442 g/mol. The molecule has 2 N–H and O–H groups in total. The number of aryl methyl sites for hydroxylation is 2. The second kappa shape index (κ2) is 8.53. The van der Waals surface area contributed by atoms with Gasteiger partial charge in [-0.3, -0.25) is 0 Å². The molecule has 0 saturated carbocycles. The first-order valence-corrected chi connectivity index (χ1v) is 13.8. The highest BCUT2D eigenvalue weighted by Gasteiger charge is 2.33. The molecule has 11 heteroatoms. The first-order valence-electron chi connectivity index (χ1n) is 10.5. The predicted octanol–water partition coefficient (Wildman–Crippen LogP) is 1.98. The lowest BCUT2D eigenvalue weighted by Crippen LogP contribution is -2.40. The maximum Gasteiger partial charge on any atom is 0.361 e. The second-order valence-electron chi connectivity index (χ2n) is 8.25. The topological polar surface area (TPSA) is 122 Å². The normalized spacial score (nSPS) is 20.7. The van der Waals surface area contributed by atoms with E-state index in [0.717, 1.165) is 85.6 Å². The quantitative estimate of drug-likeness (QED) is 0.611. The molecular formula is C20H27N3O6S2. The molecule has 4 rings (SSSR count). The number of benzene rings is 1. The Morgan fingerprint density at radius 2 is 1.74 bits per heavy atom. The fraction of sp³-hybridized carbons (Fsp3) is 0.550. The minimum Gasteiger partial charge on any atom is -0.310 e. The summed E-state index contributed by atoms with van der Waals surface area (Å²) in [5, 5.41) is 6.60. The van der Waals surface area contributed by atoms with Crippen molar-refractivity contribution in [1.82, 2.24) is 9.79 Å². The smallest absolute Gasteiger partial charge is 0.310 e. The molecule has 31 heavy (non-hydrogen) atoms. The summed E-state index contributed by atoms with van der Waals surface area (Å²) in [7, 11) is -8.76. The fourth-order valence-electron chi connectivity index (χ4n) is 4.56. The number of nitrogens with zero attached hydrogens (tertiary/aromatic N) is 1. The van der Waals surface area contributed by atoms with Gasteiger partial charge >= 0.3 is 6.03 Å². The van der Waals surface area contributed by atoms with Gasteiger partial charge in [-0.05, 0) is 80.2 Å². The summed E-state index contributed by atoms with van der Waals surface area (Å²) in [6.45, 7) is 0.767. The Kier molecular flexibility index (Phi) is 6.12. The zero-order valence-corrected chi connectivity index (χ0v) is 19.0. The van der Waals surface area contributed by atoms with Crippen molar-refractivity contribution >= 4 is 31.9 Å². The maximum absolute atomic E-state index is 13.0. The van der Waals surface area contributed by atoms with Gasteiger partial charge in [-0.1, -0.05) is 16.6 Å². The Morgan fingerprint density at radius 3 is 2.29 bits per heavy atom. The monoisotopic (exact) mass is 469 g/mol. The van der Waals surface area contributed by atoms with Gasteiger partial charge in [-0.15, -0.1) is 4.28 Å². The molecule has 2 aliphatic carbocycles. The maximum atomic E-state index is 13.0. The third-order valence-electron chi connectivity index (χ3n) is 5.89. The van der Waals surface area contributed by atoms with E-state index in [4.69, 9.17) is 0 Å². The van der Waals surface area contributed by atoms with Gasteiger partial charge in [0.1, 0.15) is 0 Å². The zero-order valence-electron chi connectivity index (χ0n) is 17.4. The van der Waals surface area contributed by atoms with Crippen LogP contribution < -0.4 is 10.6 Å². The number of carbonyl (C=O) groups is 1. The molecule has 1 saturated heterocycles. The molecule has 9 nitrogen and oxygen atoms in total. The van der Waals surface area contributed by atoms with Crippen molar-refractivity contribution in [2.24, 2.45) is 0 Å². The van der Waals surface area contributed by atoms with E-state index in [2.05, 4.69) is 21.0 Å². The first-order chi connectivity index (χ1) is 14.6. The van der Waals surface area contributed by atoms with Crippen molar-refractivity contribution in [2.45, 2.75) is 57.4 Å². The van der Waals surface area contributed by atoms with Gasteiger partial charge in [0.25, 0.3) is 20.1 Å². The average Bonchev–Trinajstić information content (AvgIpc) is 3.44. The zero-order chi connectivity index (χ0) is 22.2. The third kappa shape index (κ3) is 4.94. The van der Waals surface area contributed by atoms with Gasteiger partial charge < -0.3 is 10.6 Å². The Morgan fingerprint density at radius 1 is 1.10 bits per heavy atom. The van der Waals surface area contributed by atoms with Crippen molar-refractivity contribution in [3.05, 3.63) is 39.8 Å². The molecule has 0 spiro atoms. The molecule has 1 aromatic rings. The van der Waals surface area contributed by atoms with Gasteiger partial charge in [-0.2, -0.15) is 16.8 Å². The molecule has 0 unspecified atom stereocenters. The molecule has 0 aromatic heterocycles. The molecule has 1 atom stereocenters. The number of hydrogen-bond acceptors (Lipinski definition) is 7. The predicted molar refractivity (Wildman–Crippen MR) is 116 cm³/mol. The van der Waals surface area contributed by atoms with Crippen LogP contribution in [-0.2, 0) is 50.1 Å². The SMILES string of the molecule is CS(=O)(=O)ON(C(=O)Nc1c2c(cc3c1CCC3)CCC2)S(=O)(=O)/C=C/[C@H]1CCCN1. The standard InChI is InChI=1S/C20H27N3O6S2/c1-30(25,26)29-23(31(27,28)12-10-16-7-4-11-21-16)20(24)22-19-17-8-2-5-14(17)13-15-6-3-9-18(15)19/h10,12-13,16,21H,2-9,11H2,1H3,(H,22,24)/b12-10+/t16-/m1/s1. The number of hydroxylamine groups is 1. The number of nitrogens with one attached hydrogen (secondary N) is 2. The number of anilines is 1. The van der Waals surface area contributed by atoms with Crippen LogP contribution in [-0.4, -0.2) is 46.2 Å². The lowest BCUT2D eigenvalue weighted by atomic mass is 9.99. The van der Waals surface area contributed by atoms with E-state index in [1.807, 2.05) is 0 Å². The molecule has 0 radical (unpaired) electrons. The van der Waals surface area contributed by atoms with Crippen LogP contribution in [0.5, 0.6) is 0 Å². The summed E-state index contributed by atoms with van der Waals surface area (Å²) >= 11 is 0. The summed E-state index contributed by atoms with van der Waals surface area (Å²) in [4.78, 5) is 13.0. The highest BCUT2D eigenvalue weighted by atomic mass is 32.2. The number of amides is 2. The molecule has 1 aromatic carbocycles. The Balaban J connectivity index is 1.65. The van der Waals surface area contributed by atoms with Gasteiger partial charge in [0.05, 0.1) is 11.7 Å². The number of rotatable bonds is 6. The van der Waals surface area contributed by atoms with Crippen LogP contribution in [0.15, 0.2) is 17.6 Å².